The van der Waals surface area contributed by atoms with Gasteiger partial charge in [-0.3, -0.25) is 14.7 Å². The molecule has 3 aliphatic rings. The lowest BCUT2D eigenvalue weighted by Crippen LogP contribution is -2.34. The van der Waals surface area contributed by atoms with Crippen LogP contribution in [0.1, 0.15) is 47.3 Å². The molecule has 0 aliphatic carbocycles. The third-order valence-electron chi connectivity index (χ3n) is 6.61. The Morgan fingerprint density at radius 3 is 2.51 bits per heavy atom. The van der Waals surface area contributed by atoms with E-state index in [9.17, 15) is 14.0 Å². The van der Waals surface area contributed by atoms with Crippen molar-refractivity contribution in [2.75, 3.05) is 26.2 Å². The minimum absolute atomic E-state index is 0.0567. The van der Waals surface area contributed by atoms with Crippen LogP contribution in [0.2, 0.25) is 0 Å². The van der Waals surface area contributed by atoms with E-state index >= 15 is 0 Å². The lowest BCUT2D eigenvalue weighted by molar-refractivity contribution is -0.117. The van der Waals surface area contributed by atoms with Crippen LogP contribution < -0.4 is 10.3 Å². The Balaban J connectivity index is 0.000000183. The first-order chi connectivity index (χ1) is 18.8. The van der Waals surface area contributed by atoms with Crippen molar-refractivity contribution in [2.24, 2.45) is 10.2 Å². The number of nitrogens with one attached hydrogen (secondary N) is 1. The summed E-state index contributed by atoms with van der Waals surface area (Å²) < 4.78 is 14.0. The summed E-state index contributed by atoms with van der Waals surface area (Å²) >= 11 is 0.940. The number of nitrogens with two attached hydrogens (primary N) is 1. The summed E-state index contributed by atoms with van der Waals surface area (Å²) in [5.74, 6) is -0.884. The number of carbonyl (C=O) groups is 2. The van der Waals surface area contributed by atoms with Gasteiger partial charge in [-0.2, -0.15) is 15.6 Å². The second kappa shape index (κ2) is 13.2. The maximum Gasteiger partial charge on any atom is 0.257 e. The van der Waals surface area contributed by atoms with Crippen LogP contribution in [0.3, 0.4) is 0 Å². The molecule has 0 saturated heterocycles. The molecular weight excluding hydrogens is 536 g/mol. The van der Waals surface area contributed by atoms with Crippen LogP contribution in [0.4, 0.5) is 4.39 Å². The van der Waals surface area contributed by atoms with E-state index < -0.39 is 5.82 Å². The van der Waals surface area contributed by atoms with Crippen molar-refractivity contribution in [3.05, 3.63) is 75.6 Å². The summed E-state index contributed by atoms with van der Waals surface area (Å²) in [7, 11) is 0.571. The highest BCUT2D eigenvalue weighted by molar-refractivity contribution is 7.97. The highest BCUT2D eigenvalue weighted by atomic mass is 32.2. The highest BCUT2D eigenvalue weighted by Gasteiger charge is 2.32. The molecule has 39 heavy (non-hydrogen) atoms. The standard InChI is InChI=1S/C14H14FN3O2S.C13H17N4P/c15-13-3-11(21-16)1-2-12(13)14(20)18-6-9-4-17(8-19)5-10(9)7-18;1-3-4-12-6-5-11(8-14)7-13(12)9-17-15-10(2)18-16-17/h1-3,8H,4-7,16H2;5-7,16,18H,3-4,9H2,1-2H3. The number of carbonyl (C=O) groups excluding carboxylic acids is 2. The second-order valence-electron chi connectivity index (χ2n) is 9.46. The average molecular weight is 568 g/mol. The van der Waals surface area contributed by atoms with Gasteiger partial charge in [-0.15, -0.1) is 0 Å². The maximum absolute atomic E-state index is 14.0. The number of hydrogen-bond donors (Lipinski definition) is 2. The molecule has 0 radical (unpaired) electrons. The topological polar surface area (TPSA) is 118 Å². The Morgan fingerprint density at radius 1 is 1.21 bits per heavy atom. The predicted octanol–water partition coefficient (Wildman–Crippen LogP) is 3.77. The smallest absolute Gasteiger partial charge is 0.257 e. The Morgan fingerprint density at radius 2 is 1.95 bits per heavy atom. The number of halogens is 1. The number of benzene rings is 2. The number of rotatable bonds is 7. The molecule has 2 aromatic carbocycles. The highest BCUT2D eigenvalue weighted by Crippen LogP contribution is 2.27. The van der Waals surface area contributed by atoms with Crippen LogP contribution in [0.15, 0.2) is 57.5 Å². The van der Waals surface area contributed by atoms with E-state index in [1.54, 1.807) is 15.9 Å². The van der Waals surface area contributed by atoms with Gasteiger partial charge >= 0.3 is 0 Å². The fourth-order valence-electron chi connectivity index (χ4n) is 4.71. The van der Waals surface area contributed by atoms with E-state index in [2.05, 4.69) is 29.4 Å². The molecule has 3 heterocycles. The van der Waals surface area contributed by atoms with E-state index in [1.165, 1.54) is 23.3 Å². The Labute approximate surface area is 233 Å². The molecular formula is C27H31FN7O2PS. The van der Waals surface area contributed by atoms with Crippen molar-refractivity contribution in [1.29, 1.82) is 5.26 Å². The lowest BCUT2D eigenvalue weighted by atomic mass is 10.0. The summed E-state index contributed by atoms with van der Waals surface area (Å²) in [5, 5.41) is 23.9. The molecule has 9 nitrogen and oxygen atoms in total. The molecule has 0 fully saturated rings. The summed E-state index contributed by atoms with van der Waals surface area (Å²) in [5.41, 5.74) is 6.56. The Bertz CT molecular complexity index is 1340. The number of amides is 2. The van der Waals surface area contributed by atoms with Crippen molar-refractivity contribution in [3.63, 3.8) is 0 Å². The van der Waals surface area contributed by atoms with Gasteiger partial charge in [0.1, 0.15) is 5.82 Å². The third-order valence-corrected chi connectivity index (χ3v) is 7.96. The van der Waals surface area contributed by atoms with E-state index in [0.717, 1.165) is 54.3 Å². The molecule has 0 saturated carbocycles. The SMILES string of the molecule is CCCc1ccc(C#N)cc1CN1N=C(C)PN1.NSc1ccc(C(=O)N2CC3=C(CN(C=O)C3)C2)c(F)c1. The summed E-state index contributed by atoms with van der Waals surface area (Å²) in [4.78, 5) is 27.0. The first-order valence-electron chi connectivity index (χ1n) is 12.6. The average Bonchev–Trinajstić information content (AvgIpc) is 3.64. The van der Waals surface area contributed by atoms with Gasteiger partial charge in [0.05, 0.1) is 29.2 Å². The second-order valence-corrected chi connectivity index (χ2v) is 11.4. The quantitative estimate of drug-likeness (QED) is 0.226. The zero-order valence-electron chi connectivity index (χ0n) is 21.9. The van der Waals surface area contributed by atoms with Crippen LogP contribution in [-0.2, 0) is 17.8 Å². The normalized spacial score (nSPS) is 16.7. The summed E-state index contributed by atoms with van der Waals surface area (Å²) in [6, 6.07) is 12.5. The fraction of sp³-hybridized carbons (Fsp3) is 0.333. The van der Waals surface area contributed by atoms with Gasteiger partial charge < -0.3 is 9.80 Å². The van der Waals surface area contributed by atoms with Crippen molar-refractivity contribution < 1.29 is 14.0 Å². The summed E-state index contributed by atoms with van der Waals surface area (Å²) in [6.45, 7) is 6.96. The number of hydrazone groups is 1. The monoisotopic (exact) mass is 567 g/mol. The molecule has 0 bridgehead atoms. The molecule has 2 aromatic rings. The Kier molecular flexibility index (Phi) is 9.70. The minimum atomic E-state index is -0.558. The number of hydrazine groups is 1. The summed E-state index contributed by atoms with van der Waals surface area (Å²) in [6.07, 6.45) is 2.96. The number of nitriles is 1. The Hall–Kier alpha value is -3.29. The van der Waals surface area contributed by atoms with Gasteiger partial charge in [-0.25, -0.2) is 9.51 Å². The predicted molar refractivity (Wildman–Crippen MR) is 152 cm³/mol. The molecule has 3 aliphatic heterocycles. The molecule has 5 rings (SSSR count). The number of hydrogen-bond acceptors (Lipinski definition) is 8. The molecule has 2 amide bonds. The van der Waals surface area contributed by atoms with Crippen LogP contribution in [0.5, 0.6) is 0 Å². The van der Waals surface area contributed by atoms with Crippen molar-refractivity contribution in [3.8, 4) is 6.07 Å². The zero-order valence-corrected chi connectivity index (χ0v) is 23.7. The third kappa shape index (κ3) is 7.02. The zero-order chi connectivity index (χ0) is 27.9. The molecule has 12 heteroatoms. The maximum atomic E-state index is 14.0. The molecule has 1 unspecified atom stereocenters. The van der Waals surface area contributed by atoms with Gasteiger partial charge in [0, 0.05) is 39.8 Å². The van der Waals surface area contributed by atoms with Crippen LogP contribution in [0, 0.1) is 17.1 Å². The number of aryl methyl sites for hydroxylation is 1. The van der Waals surface area contributed by atoms with Crippen LogP contribution >= 0.6 is 20.7 Å². The molecule has 0 aromatic heterocycles. The molecule has 0 spiro atoms. The first kappa shape index (κ1) is 28.7. The molecule has 204 valence electrons. The van der Waals surface area contributed by atoms with E-state index in [1.807, 2.05) is 24.2 Å². The van der Waals surface area contributed by atoms with E-state index in [0.29, 0.717) is 45.4 Å². The molecule has 3 N–H and O–H groups in total. The largest absolute Gasteiger partial charge is 0.337 e. The first-order valence-corrected chi connectivity index (χ1v) is 14.4. The lowest BCUT2D eigenvalue weighted by Gasteiger charge is -2.21. The van der Waals surface area contributed by atoms with Crippen molar-refractivity contribution in [1.82, 2.24) is 20.1 Å². The van der Waals surface area contributed by atoms with Gasteiger partial charge in [-0.1, -0.05) is 19.4 Å². The van der Waals surface area contributed by atoms with Gasteiger partial charge in [0.15, 0.2) is 0 Å². The van der Waals surface area contributed by atoms with E-state index in [4.69, 9.17) is 10.4 Å². The fourth-order valence-corrected chi connectivity index (χ4v) is 5.62. The molecule has 1 atom stereocenters. The van der Waals surface area contributed by atoms with Gasteiger partial charge in [0.2, 0.25) is 6.41 Å². The van der Waals surface area contributed by atoms with Crippen LogP contribution in [-0.4, -0.2) is 58.9 Å². The van der Waals surface area contributed by atoms with Gasteiger partial charge in [-0.05, 0) is 77.9 Å². The minimum Gasteiger partial charge on any atom is -0.337 e. The van der Waals surface area contributed by atoms with Crippen molar-refractivity contribution >= 4 is 38.4 Å². The van der Waals surface area contributed by atoms with E-state index in [-0.39, 0.29) is 11.5 Å². The van der Waals surface area contributed by atoms with Crippen LogP contribution in [0.25, 0.3) is 0 Å². The van der Waals surface area contributed by atoms with Crippen molar-refractivity contribution in [2.45, 2.75) is 38.1 Å². The van der Waals surface area contributed by atoms with Gasteiger partial charge in [0.25, 0.3) is 5.91 Å². The number of nitrogens with zero attached hydrogens (tertiary/aromatic N) is 5.